The highest BCUT2D eigenvalue weighted by Gasteiger charge is 2.21. The fourth-order valence-electron chi connectivity index (χ4n) is 3.34. The molecule has 0 radical (unpaired) electrons. The zero-order chi connectivity index (χ0) is 22.0. The van der Waals surface area contributed by atoms with Gasteiger partial charge in [0.25, 0.3) is 11.6 Å². The van der Waals surface area contributed by atoms with Crippen molar-refractivity contribution in [3.05, 3.63) is 81.2 Å². The number of amides is 1. The van der Waals surface area contributed by atoms with E-state index < -0.39 is 4.92 Å². The number of rotatable bonds is 6. The number of hydrogen-bond donors (Lipinski definition) is 1. The summed E-state index contributed by atoms with van der Waals surface area (Å²) in [6, 6.07) is 12.2. The lowest BCUT2D eigenvalue weighted by Crippen LogP contribution is -2.27. The first kappa shape index (κ1) is 21.0. The Morgan fingerprint density at radius 1 is 1.17 bits per heavy atom. The number of nitro groups is 1. The van der Waals surface area contributed by atoms with Crippen LogP contribution < -0.4 is 10.2 Å². The lowest BCUT2D eigenvalue weighted by atomic mass is 10.1. The van der Waals surface area contributed by atoms with Crippen LogP contribution in [-0.2, 0) is 0 Å². The maximum Gasteiger partial charge on any atom is 0.293 e. The second-order valence-corrected chi connectivity index (χ2v) is 7.48. The van der Waals surface area contributed by atoms with Crippen LogP contribution in [0.3, 0.4) is 0 Å². The van der Waals surface area contributed by atoms with Gasteiger partial charge in [-0.25, -0.2) is 4.68 Å². The van der Waals surface area contributed by atoms with E-state index in [1.165, 1.54) is 11.6 Å². The van der Waals surface area contributed by atoms with Crippen LogP contribution in [0.2, 0.25) is 0 Å². The molecule has 0 saturated heterocycles. The summed E-state index contributed by atoms with van der Waals surface area (Å²) >= 11 is 0. The van der Waals surface area contributed by atoms with Gasteiger partial charge in [0.15, 0.2) is 0 Å². The van der Waals surface area contributed by atoms with Gasteiger partial charge in [0.1, 0.15) is 5.69 Å². The molecule has 2 aromatic carbocycles. The number of nitro benzene ring substituents is 1. The number of carbonyl (C=O) groups is 1. The minimum Gasteiger partial charge on any atom is -0.372 e. The highest BCUT2D eigenvalue weighted by atomic mass is 16.6. The van der Waals surface area contributed by atoms with E-state index >= 15 is 0 Å². The zero-order valence-corrected chi connectivity index (χ0v) is 17.7. The summed E-state index contributed by atoms with van der Waals surface area (Å²) in [6.07, 6.45) is 1.73. The third-order valence-corrected chi connectivity index (χ3v) is 5.06. The maximum atomic E-state index is 12.7. The lowest BCUT2D eigenvalue weighted by Gasteiger charge is -2.16. The molecule has 1 heterocycles. The number of anilines is 1. The Morgan fingerprint density at radius 3 is 2.43 bits per heavy atom. The summed E-state index contributed by atoms with van der Waals surface area (Å²) in [7, 11) is 3.44. The quantitative estimate of drug-likeness (QED) is 0.493. The van der Waals surface area contributed by atoms with Crippen LogP contribution in [0, 0.1) is 24.0 Å². The van der Waals surface area contributed by atoms with Crippen molar-refractivity contribution in [2.45, 2.75) is 26.8 Å². The van der Waals surface area contributed by atoms with Crippen molar-refractivity contribution in [2.24, 2.45) is 0 Å². The highest BCUT2D eigenvalue weighted by molar-refractivity contribution is 5.96. The van der Waals surface area contributed by atoms with Gasteiger partial charge in [-0.3, -0.25) is 14.9 Å². The Bertz CT molecular complexity index is 1090. The molecule has 0 fully saturated rings. The van der Waals surface area contributed by atoms with Crippen molar-refractivity contribution < 1.29 is 9.72 Å². The second kappa shape index (κ2) is 8.36. The van der Waals surface area contributed by atoms with E-state index in [0.717, 1.165) is 16.9 Å². The fraction of sp³-hybridized carbons (Fsp3) is 0.273. The third kappa shape index (κ3) is 4.17. The van der Waals surface area contributed by atoms with Crippen molar-refractivity contribution in [1.29, 1.82) is 0 Å². The van der Waals surface area contributed by atoms with E-state index in [-0.39, 0.29) is 23.2 Å². The molecule has 0 spiro atoms. The molecule has 0 unspecified atom stereocenters. The van der Waals surface area contributed by atoms with E-state index in [1.54, 1.807) is 37.3 Å². The lowest BCUT2D eigenvalue weighted by molar-refractivity contribution is -0.384. The van der Waals surface area contributed by atoms with Gasteiger partial charge >= 0.3 is 0 Å². The molecule has 0 aliphatic carbocycles. The Morgan fingerprint density at radius 2 is 1.83 bits per heavy atom. The standard InChI is InChI=1S/C22H25N5O3/c1-14-6-9-18(10-7-14)26-16(3)19(13-23-26)15(2)24-22(28)17-8-11-20(25(4)5)21(12-17)27(29)30/h6-13,15H,1-5H3,(H,24,28)/t15-/m1/s1. The molecular formula is C22H25N5O3. The van der Waals surface area contributed by atoms with Crippen LogP contribution in [-0.4, -0.2) is 34.7 Å². The first-order valence-corrected chi connectivity index (χ1v) is 9.57. The average Bonchev–Trinajstić information content (AvgIpc) is 3.09. The topological polar surface area (TPSA) is 93.3 Å². The van der Waals surface area contributed by atoms with Crippen molar-refractivity contribution in [3.8, 4) is 5.69 Å². The minimum atomic E-state index is -0.481. The van der Waals surface area contributed by atoms with Crippen molar-refractivity contribution in [1.82, 2.24) is 15.1 Å². The van der Waals surface area contributed by atoms with E-state index in [1.807, 2.05) is 49.7 Å². The van der Waals surface area contributed by atoms with Crippen LogP contribution in [0.5, 0.6) is 0 Å². The third-order valence-electron chi connectivity index (χ3n) is 5.06. The molecule has 1 amide bonds. The monoisotopic (exact) mass is 407 g/mol. The molecule has 156 valence electrons. The molecule has 0 saturated carbocycles. The van der Waals surface area contributed by atoms with Gasteiger partial charge in [-0.2, -0.15) is 5.10 Å². The summed E-state index contributed by atoms with van der Waals surface area (Å²) in [6.45, 7) is 5.84. The van der Waals surface area contributed by atoms with Crippen molar-refractivity contribution >= 4 is 17.3 Å². The van der Waals surface area contributed by atoms with Crippen molar-refractivity contribution in [3.63, 3.8) is 0 Å². The van der Waals surface area contributed by atoms with E-state index in [9.17, 15) is 14.9 Å². The van der Waals surface area contributed by atoms with E-state index in [2.05, 4.69) is 10.4 Å². The first-order valence-electron chi connectivity index (χ1n) is 9.57. The smallest absolute Gasteiger partial charge is 0.293 e. The molecule has 8 nitrogen and oxygen atoms in total. The number of nitrogens with zero attached hydrogens (tertiary/aromatic N) is 4. The van der Waals surface area contributed by atoms with Gasteiger partial charge in [0.2, 0.25) is 0 Å². The Labute approximate surface area is 175 Å². The number of nitrogens with one attached hydrogen (secondary N) is 1. The molecule has 1 N–H and O–H groups in total. The van der Waals surface area contributed by atoms with Gasteiger partial charge in [-0.15, -0.1) is 0 Å². The highest BCUT2D eigenvalue weighted by Crippen LogP contribution is 2.28. The Kier molecular flexibility index (Phi) is 5.86. The number of benzene rings is 2. The number of aryl methyl sites for hydroxylation is 1. The average molecular weight is 407 g/mol. The predicted molar refractivity (Wildman–Crippen MR) is 116 cm³/mol. The Balaban J connectivity index is 1.82. The molecule has 0 aliphatic heterocycles. The largest absolute Gasteiger partial charge is 0.372 e. The molecule has 0 bridgehead atoms. The van der Waals surface area contributed by atoms with E-state index in [0.29, 0.717) is 5.69 Å². The zero-order valence-electron chi connectivity index (χ0n) is 17.7. The van der Waals surface area contributed by atoms with Gasteiger partial charge in [0.05, 0.1) is 22.8 Å². The number of hydrogen-bond acceptors (Lipinski definition) is 5. The van der Waals surface area contributed by atoms with Crippen LogP contribution in [0.15, 0.2) is 48.7 Å². The molecule has 30 heavy (non-hydrogen) atoms. The summed E-state index contributed by atoms with van der Waals surface area (Å²) < 4.78 is 1.83. The van der Waals surface area contributed by atoms with Gasteiger partial charge in [-0.05, 0) is 45.0 Å². The van der Waals surface area contributed by atoms with Gasteiger partial charge < -0.3 is 10.2 Å². The number of carbonyl (C=O) groups excluding carboxylic acids is 1. The summed E-state index contributed by atoms with van der Waals surface area (Å²) in [5.74, 6) is -0.376. The van der Waals surface area contributed by atoms with Crippen molar-refractivity contribution in [2.75, 3.05) is 19.0 Å². The summed E-state index contributed by atoms with van der Waals surface area (Å²) in [4.78, 5) is 25.3. The van der Waals surface area contributed by atoms with Crippen LogP contribution in [0.4, 0.5) is 11.4 Å². The minimum absolute atomic E-state index is 0.108. The fourth-order valence-corrected chi connectivity index (χ4v) is 3.34. The molecule has 0 aliphatic rings. The SMILES string of the molecule is Cc1ccc(-n2ncc([C@@H](C)NC(=O)c3ccc(N(C)C)c([N+](=O)[O-])c3)c2C)cc1. The molecule has 3 aromatic rings. The normalized spacial score (nSPS) is 11.8. The molecule has 3 rings (SSSR count). The number of aromatic nitrogens is 2. The summed E-state index contributed by atoms with van der Waals surface area (Å²) in [5.41, 5.74) is 4.48. The van der Waals surface area contributed by atoms with Crippen LogP contribution >= 0.6 is 0 Å². The maximum absolute atomic E-state index is 12.7. The van der Waals surface area contributed by atoms with Gasteiger partial charge in [0, 0.05) is 37.0 Å². The molecule has 1 aromatic heterocycles. The molecule has 8 heteroatoms. The second-order valence-electron chi connectivity index (χ2n) is 7.48. The van der Waals surface area contributed by atoms with E-state index in [4.69, 9.17) is 0 Å². The molecule has 1 atom stereocenters. The molecular weight excluding hydrogens is 382 g/mol. The first-order chi connectivity index (χ1) is 14.2. The summed E-state index contributed by atoms with van der Waals surface area (Å²) in [5, 5.41) is 18.8. The Hall–Kier alpha value is -3.68. The predicted octanol–water partition coefficient (Wildman–Crippen LogP) is 3.95. The van der Waals surface area contributed by atoms with Crippen LogP contribution in [0.1, 0.15) is 40.1 Å². The van der Waals surface area contributed by atoms with Gasteiger partial charge in [-0.1, -0.05) is 17.7 Å². The van der Waals surface area contributed by atoms with Crippen LogP contribution in [0.25, 0.3) is 5.69 Å².